The minimum atomic E-state index is -0.156. The largest absolute Gasteiger partial charge is 0.394 e. The average molecular weight is 221 g/mol. The molecular weight excluding hydrogens is 202 g/mol. The van der Waals surface area contributed by atoms with Crippen molar-refractivity contribution in [1.82, 2.24) is 5.32 Å². The van der Waals surface area contributed by atoms with E-state index in [1.54, 1.807) is 0 Å². The van der Waals surface area contributed by atoms with E-state index in [2.05, 4.69) is 5.32 Å². The second-order valence-corrected chi connectivity index (χ2v) is 4.26. The standard InChI is InChI=1S/C13H19NO2/c1-10(2)12(9-15)14-13(16)8-11-6-4-3-5-7-11/h3-7,10,12,15H,8-9H2,1-2H3,(H,14,16)/t12-/m1/s1. The summed E-state index contributed by atoms with van der Waals surface area (Å²) in [5.41, 5.74) is 0.987. The van der Waals surface area contributed by atoms with Gasteiger partial charge in [-0.3, -0.25) is 4.79 Å². The highest BCUT2D eigenvalue weighted by molar-refractivity contribution is 5.78. The number of rotatable bonds is 5. The van der Waals surface area contributed by atoms with Gasteiger partial charge in [0.15, 0.2) is 0 Å². The lowest BCUT2D eigenvalue weighted by molar-refractivity contribution is -0.121. The Kier molecular flexibility index (Phi) is 4.99. The average Bonchev–Trinajstić information content (AvgIpc) is 2.27. The second-order valence-electron chi connectivity index (χ2n) is 4.26. The number of carbonyl (C=O) groups is 1. The molecule has 3 nitrogen and oxygen atoms in total. The molecule has 0 bridgehead atoms. The van der Waals surface area contributed by atoms with Gasteiger partial charge >= 0.3 is 0 Å². The molecule has 3 heteroatoms. The second kappa shape index (κ2) is 6.28. The Morgan fingerprint density at radius 3 is 2.44 bits per heavy atom. The number of nitrogens with one attached hydrogen (secondary N) is 1. The van der Waals surface area contributed by atoms with Crippen molar-refractivity contribution in [2.24, 2.45) is 5.92 Å². The summed E-state index contributed by atoms with van der Waals surface area (Å²) < 4.78 is 0. The molecule has 0 radical (unpaired) electrons. The molecule has 0 saturated carbocycles. The third-order valence-electron chi connectivity index (χ3n) is 2.56. The van der Waals surface area contributed by atoms with Gasteiger partial charge in [0.05, 0.1) is 19.1 Å². The molecule has 0 aliphatic rings. The number of amides is 1. The summed E-state index contributed by atoms with van der Waals surface area (Å²) >= 11 is 0. The molecule has 88 valence electrons. The monoisotopic (exact) mass is 221 g/mol. The van der Waals surface area contributed by atoms with E-state index >= 15 is 0 Å². The van der Waals surface area contributed by atoms with Crippen LogP contribution in [0, 0.1) is 5.92 Å². The van der Waals surface area contributed by atoms with Crippen LogP contribution in [-0.2, 0) is 11.2 Å². The van der Waals surface area contributed by atoms with Crippen molar-refractivity contribution in [3.63, 3.8) is 0 Å². The molecule has 1 aromatic rings. The summed E-state index contributed by atoms with van der Waals surface area (Å²) in [5.74, 6) is 0.198. The zero-order chi connectivity index (χ0) is 12.0. The molecule has 0 unspecified atom stereocenters. The molecule has 1 atom stereocenters. The highest BCUT2D eigenvalue weighted by Crippen LogP contribution is 2.03. The molecule has 1 amide bonds. The Labute approximate surface area is 96.5 Å². The van der Waals surface area contributed by atoms with Crippen LogP contribution in [0.2, 0.25) is 0 Å². The van der Waals surface area contributed by atoms with Gasteiger partial charge in [-0.25, -0.2) is 0 Å². The summed E-state index contributed by atoms with van der Waals surface area (Å²) in [6, 6.07) is 9.43. The number of aliphatic hydroxyl groups is 1. The Bertz CT molecular complexity index is 322. The first-order chi connectivity index (χ1) is 7.63. The zero-order valence-corrected chi connectivity index (χ0v) is 9.81. The van der Waals surface area contributed by atoms with Gasteiger partial charge < -0.3 is 10.4 Å². The van der Waals surface area contributed by atoms with Crippen LogP contribution in [0.5, 0.6) is 0 Å². The number of benzene rings is 1. The van der Waals surface area contributed by atoms with Crippen molar-refractivity contribution in [2.75, 3.05) is 6.61 Å². The zero-order valence-electron chi connectivity index (χ0n) is 9.81. The normalized spacial score (nSPS) is 12.5. The molecule has 0 aliphatic heterocycles. The van der Waals surface area contributed by atoms with E-state index in [-0.39, 0.29) is 24.5 Å². The van der Waals surface area contributed by atoms with Crippen molar-refractivity contribution >= 4 is 5.91 Å². The topological polar surface area (TPSA) is 49.3 Å². The molecule has 0 saturated heterocycles. The van der Waals surface area contributed by atoms with Gasteiger partial charge in [0.2, 0.25) is 5.91 Å². The van der Waals surface area contributed by atoms with Crippen molar-refractivity contribution in [2.45, 2.75) is 26.3 Å². The van der Waals surface area contributed by atoms with Crippen LogP contribution in [-0.4, -0.2) is 23.7 Å². The van der Waals surface area contributed by atoms with Gasteiger partial charge in [0.25, 0.3) is 0 Å². The molecule has 0 heterocycles. The Hall–Kier alpha value is -1.35. The molecule has 1 aromatic carbocycles. The first-order valence-electron chi connectivity index (χ1n) is 5.57. The summed E-state index contributed by atoms with van der Waals surface area (Å²) in [6.07, 6.45) is 0.365. The van der Waals surface area contributed by atoms with Gasteiger partial charge in [0.1, 0.15) is 0 Å². The number of aliphatic hydroxyl groups excluding tert-OH is 1. The minimum absolute atomic E-state index is 0.0157. The number of hydrogen-bond acceptors (Lipinski definition) is 2. The van der Waals surface area contributed by atoms with Crippen molar-refractivity contribution in [3.05, 3.63) is 35.9 Å². The maximum atomic E-state index is 11.7. The van der Waals surface area contributed by atoms with Crippen molar-refractivity contribution < 1.29 is 9.90 Å². The lowest BCUT2D eigenvalue weighted by Gasteiger charge is -2.19. The fraction of sp³-hybridized carbons (Fsp3) is 0.462. The summed E-state index contributed by atoms with van der Waals surface area (Å²) in [5, 5.41) is 11.9. The molecule has 1 rings (SSSR count). The van der Waals surface area contributed by atoms with E-state index in [1.807, 2.05) is 44.2 Å². The fourth-order valence-corrected chi connectivity index (χ4v) is 1.46. The minimum Gasteiger partial charge on any atom is -0.394 e. The molecule has 16 heavy (non-hydrogen) atoms. The highest BCUT2D eigenvalue weighted by Gasteiger charge is 2.14. The van der Waals surface area contributed by atoms with Gasteiger partial charge in [-0.1, -0.05) is 44.2 Å². The molecule has 0 fully saturated rings. The van der Waals surface area contributed by atoms with E-state index in [9.17, 15) is 4.79 Å². The summed E-state index contributed by atoms with van der Waals surface area (Å²) in [7, 11) is 0. The Morgan fingerprint density at radius 2 is 1.94 bits per heavy atom. The third kappa shape index (κ3) is 4.03. The number of carbonyl (C=O) groups excluding carboxylic acids is 1. The van der Waals surface area contributed by atoms with E-state index in [1.165, 1.54) is 0 Å². The van der Waals surface area contributed by atoms with Crippen molar-refractivity contribution in [1.29, 1.82) is 0 Å². The van der Waals surface area contributed by atoms with Gasteiger partial charge in [-0.15, -0.1) is 0 Å². The van der Waals surface area contributed by atoms with Crippen molar-refractivity contribution in [3.8, 4) is 0 Å². The molecule has 0 aromatic heterocycles. The van der Waals surface area contributed by atoms with Crippen LogP contribution in [0.1, 0.15) is 19.4 Å². The fourth-order valence-electron chi connectivity index (χ4n) is 1.46. The maximum Gasteiger partial charge on any atom is 0.224 e. The SMILES string of the molecule is CC(C)[C@@H](CO)NC(=O)Cc1ccccc1. The predicted molar refractivity (Wildman–Crippen MR) is 64.0 cm³/mol. The molecule has 2 N–H and O–H groups in total. The van der Waals surface area contributed by atoms with Crippen LogP contribution in [0.3, 0.4) is 0 Å². The Morgan fingerprint density at radius 1 is 1.31 bits per heavy atom. The van der Waals surface area contributed by atoms with Gasteiger partial charge in [-0.05, 0) is 11.5 Å². The summed E-state index contributed by atoms with van der Waals surface area (Å²) in [6.45, 7) is 3.94. The van der Waals surface area contributed by atoms with Gasteiger partial charge in [-0.2, -0.15) is 0 Å². The van der Waals surface area contributed by atoms with Crippen LogP contribution in [0.4, 0.5) is 0 Å². The lowest BCUT2D eigenvalue weighted by atomic mass is 10.0. The Balaban J connectivity index is 2.47. The van der Waals surface area contributed by atoms with E-state index in [4.69, 9.17) is 5.11 Å². The third-order valence-corrected chi connectivity index (χ3v) is 2.56. The smallest absolute Gasteiger partial charge is 0.224 e. The molecule has 0 spiro atoms. The van der Waals surface area contributed by atoms with Crippen LogP contribution < -0.4 is 5.32 Å². The molecule has 0 aliphatic carbocycles. The quantitative estimate of drug-likeness (QED) is 0.788. The highest BCUT2D eigenvalue weighted by atomic mass is 16.3. The van der Waals surface area contributed by atoms with Crippen LogP contribution in [0.15, 0.2) is 30.3 Å². The van der Waals surface area contributed by atoms with E-state index in [0.29, 0.717) is 6.42 Å². The number of hydrogen-bond donors (Lipinski definition) is 2. The van der Waals surface area contributed by atoms with E-state index in [0.717, 1.165) is 5.56 Å². The van der Waals surface area contributed by atoms with Gasteiger partial charge in [0, 0.05) is 0 Å². The first-order valence-corrected chi connectivity index (χ1v) is 5.57. The van der Waals surface area contributed by atoms with Crippen LogP contribution in [0.25, 0.3) is 0 Å². The first kappa shape index (κ1) is 12.7. The van der Waals surface area contributed by atoms with E-state index < -0.39 is 0 Å². The maximum absolute atomic E-state index is 11.7. The lowest BCUT2D eigenvalue weighted by Crippen LogP contribution is -2.41. The molecular formula is C13H19NO2. The predicted octanol–water partition coefficient (Wildman–Crippen LogP) is 1.36. The summed E-state index contributed by atoms with van der Waals surface area (Å²) in [4.78, 5) is 11.7. The van der Waals surface area contributed by atoms with Crippen LogP contribution >= 0.6 is 0 Å².